The maximum absolute atomic E-state index is 9.44. The Morgan fingerprint density at radius 1 is 2.00 bits per heavy atom. The topological polar surface area (TPSA) is 112 Å². The zero-order valence-electron chi connectivity index (χ0n) is 4.11. The summed E-state index contributed by atoms with van der Waals surface area (Å²) in [6.45, 7) is 0. The highest BCUT2D eigenvalue weighted by atomic mass is 16.7. The summed E-state index contributed by atoms with van der Waals surface area (Å²) >= 11 is 0. The second-order valence-corrected chi connectivity index (χ2v) is 0.910. The Labute approximate surface area is 49.3 Å². The number of nitrogens with zero attached hydrogens (tertiary/aromatic N) is 3. The Morgan fingerprint density at radius 3 is 2.67 bits per heavy atom. The van der Waals surface area contributed by atoms with Crippen LogP contribution in [0.4, 0.5) is 0 Å². The van der Waals surface area contributed by atoms with Crippen LogP contribution in [0.1, 0.15) is 0 Å². The van der Waals surface area contributed by atoms with Crippen molar-refractivity contribution >= 4 is 5.84 Å². The van der Waals surface area contributed by atoms with E-state index in [0.717, 1.165) is 0 Å². The van der Waals surface area contributed by atoms with Crippen LogP contribution in [-0.4, -0.2) is 16.1 Å². The number of nitriles is 1. The van der Waals surface area contributed by atoms with E-state index in [1.54, 1.807) is 0 Å². The molecule has 0 aliphatic carbocycles. The molecule has 0 saturated heterocycles. The van der Waals surface area contributed by atoms with Crippen molar-refractivity contribution < 1.29 is 10.2 Å². The molecule has 0 saturated carbocycles. The predicted octanol–water partition coefficient (Wildman–Crippen LogP) is -0.921. The number of hydrogen-bond donors (Lipinski definition) is 2. The Morgan fingerprint density at radius 2 is 2.56 bits per heavy atom. The van der Waals surface area contributed by atoms with Gasteiger partial charge in [-0.05, 0) is 0 Å². The molecule has 0 unspecified atom stereocenters. The van der Waals surface area contributed by atoms with Gasteiger partial charge in [-0.2, -0.15) is 5.26 Å². The third-order valence-electron chi connectivity index (χ3n) is 0.393. The molecular formula is C2H2N4O3. The normalized spacial score (nSPS) is 10.0. The number of hydrogen-bond acceptors (Lipinski definition) is 4. The van der Waals surface area contributed by atoms with Gasteiger partial charge in [-0.1, -0.05) is 0 Å². The smallest absolute Gasteiger partial charge is 0.289 e. The van der Waals surface area contributed by atoms with Crippen molar-refractivity contribution in [3.63, 3.8) is 0 Å². The minimum atomic E-state index is -1.10. The molecular weight excluding hydrogens is 128 g/mol. The van der Waals surface area contributed by atoms with Crippen molar-refractivity contribution in [2.24, 2.45) is 5.10 Å². The molecule has 0 aromatic rings. The first-order valence-electron chi connectivity index (χ1n) is 1.74. The van der Waals surface area contributed by atoms with Crippen LogP contribution in [0.3, 0.4) is 0 Å². The molecule has 0 heterocycles. The molecule has 0 atom stereocenters. The van der Waals surface area contributed by atoms with Crippen LogP contribution < -0.4 is 5.48 Å². The van der Waals surface area contributed by atoms with Gasteiger partial charge in [-0.15, -0.1) is 0 Å². The summed E-state index contributed by atoms with van der Waals surface area (Å²) in [7, 11) is 0. The van der Waals surface area contributed by atoms with E-state index in [0.29, 0.717) is 0 Å². The van der Waals surface area contributed by atoms with Crippen LogP contribution >= 0.6 is 0 Å². The average molecular weight is 130 g/mol. The highest BCUT2D eigenvalue weighted by Crippen LogP contribution is 1.70. The van der Waals surface area contributed by atoms with Gasteiger partial charge in [0.15, 0.2) is 5.03 Å². The first-order chi connectivity index (χ1) is 4.20. The number of hydroxylamine groups is 1. The molecule has 0 aromatic carbocycles. The van der Waals surface area contributed by atoms with Gasteiger partial charge in [0.25, 0.3) is 0 Å². The summed E-state index contributed by atoms with van der Waals surface area (Å²) in [5.74, 6) is -0.750. The SMILES string of the molecule is N#CC(=N[N+](=O)[O-])NO. The fraction of sp³-hybridized carbons (Fsp3) is 0. The van der Waals surface area contributed by atoms with E-state index in [-0.39, 0.29) is 0 Å². The lowest BCUT2D eigenvalue weighted by Gasteiger charge is -1.83. The monoisotopic (exact) mass is 130 g/mol. The van der Waals surface area contributed by atoms with E-state index in [2.05, 4.69) is 5.10 Å². The summed E-state index contributed by atoms with van der Waals surface area (Å²) in [5.41, 5.74) is 1.23. The predicted molar refractivity (Wildman–Crippen MR) is 25.0 cm³/mol. The standard InChI is InChI=1S/C2H2N4O3/c3-1-2(5-7)4-6(8)9/h7H,(H,4,5). The zero-order valence-corrected chi connectivity index (χ0v) is 4.11. The second kappa shape index (κ2) is 3.34. The minimum Gasteiger partial charge on any atom is -0.289 e. The van der Waals surface area contributed by atoms with Crippen LogP contribution in [0.5, 0.6) is 0 Å². The number of nitrogens with one attached hydrogen (secondary N) is 1. The third kappa shape index (κ3) is 2.95. The molecule has 9 heavy (non-hydrogen) atoms. The molecule has 0 fully saturated rings. The lowest BCUT2D eigenvalue weighted by Crippen LogP contribution is -2.17. The van der Waals surface area contributed by atoms with Crippen LogP contribution in [0, 0.1) is 21.4 Å². The van der Waals surface area contributed by atoms with Gasteiger partial charge in [0.05, 0.1) is 5.10 Å². The number of hydrazone groups is 1. The van der Waals surface area contributed by atoms with E-state index in [9.17, 15) is 10.1 Å². The highest BCUT2D eigenvalue weighted by Gasteiger charge is 1.98. The number of nitro groups is 1. The molecule has 7 nitrogen and oxygen atoms in total. The molecule has 2 N–H and O–H groups in total. The average Bonchev–Trinajstić information content (AvgIpc) is 1.82. The molecule has 0 amide bonds. The van der Waals surface area contributed by atoms with Gasteiger partial charge in [-0.3, -0.25) is 5.21 Å². The van der Waals surface area contributed by atoms with E-state index in [1.807, 2.05) is 0 Å². The fourth-order valence-corrected chi connectivity index (χ4v) is 0.151. The van der Waals surface area contributed by atoms with Crippen molar-refractivity contribution in [2.75, 3.05) is 0 Å². The van der Waals surface area contributed by atoms with E-state index >= 15 is 0 Å². The Kier molecular flexibility index (Phi) is 2.72. The highest BCUT2D eigenvalue weighted by molar-refractivity contribution is 5.94. The second-order valence-electron chi connectivity index (χ2n) is 0.910. The van der Waals surface area contributed by atoms with Crippen molar-refractivity contribution in [1.82, 2.24) is 5.48 Å². The van der Waals surface area contributed by atoms with Crippen molar-refractivity contribution in [3.05, 3.63) is 10.1 Å². The van der Waals surface area contributed by atoms with Gasteiger partial charge < -0.3 is 0 Å². The maximum Gasteiger partial charge on any atom is 0.301 e. The summed E-state index contributed by atoms with van der Waals surface area (Å²) in [6.07, 6.45) is 0. The third-order valence-corrected chi connectivity index (χ3v) is 0.393. The van der Waals surface area contributed by atoms with Gasteiger partial charge in [0.2, 0.25) is 0 Å². The minimum absolute atomic E-state index is 0.750. The zero-order chi connectivity index (χ0) is 7.28. The maximum atomic E-state index is 9.44. The van der Waals surface area contributed by atoms with E-state index < -0.39 is 10.9 Å². The van der Waals surface area contributed by atoms with Crippen molar-refractivity contribution in [3.8, 4) is 6.07 Å². The Hall–Kier alpha value is -1.68. The van der Waals surface area contributed by atoms with Crippen LogP contribution in [0.2, 0.25) is 0 Å². The van der Waals surface area contributed by atoms with E-state index in [1.165, 1.54) is 11.5 Å². The molecule has 0 radical (unpaired) electrons. The lowest BCUT2D eigenvalue weighted by molar-refractivity contribution is -0.485. The molecule has 0 rings (SSSR count). The molecule has 0 aromatic heterocycles. The van der Waals surface area contributed by atoms with Crippen molar-refractivity contribution in [1.29, 1.82) is 5.26 Å². The van der Waals surface area contributed by atoms with Crippen molar-refractivity contribution in [2.45, 2.75) is 0 Å². The van der Waals surface area contributed by atoms with Gasteiger partial charge >= 0.3 is 5.84 Å². The van der Waals surface area contributed by atoms with Gasteiger partial charge in [-0.25, -0.2) is 15.6 Å². The van der Waals surface area contributed by atoms with Gasteiger partial charge in [0, 0.05) is 0 Å². The summed E-state index contributed by atoms with van der Waals surface area (Å²) in [5, 5.41) is 26.5. The molecule has 0 bridgehead atoms. The summed E-state index contributed by atoms with van der Waals surface area (Å²) < 4.78 is 0. The first kappa shape index (κ1) is 7.32. The largest absolute Gasteiger partial charge is 0.301 e. The molecule has 0 aliphatic heterocycles. The number of amidine groups is 1. The molecule has 0 spiro atoms. The van der Waals surface area contributed by atoms with Crippen LogP contribution in [0.25, 0.3) is 0 Å². The summed E-state index contributed by atoms with van der Waals surface area (Å²) in [4.78, 5) is 9.44. The lowest BCUT2D eigenvalue weighted by atomic mass is 10.7. The fourth-order valence-electron chi connectivity index (χ4n) is 0.151. The number of rotatable bonds is 1. The molecule has 7 heteroatoms. The quantitative estimate of drug-likeness (QED) is 0.206. The Balaban J connectivity index is 4.13. The van der Waals surface area contributed by atoms with Gasteiger partial charge in [0.1, 0.15) is 6.07 Å². The first-order valence-corrected chi connectivity index (χ1v) is 1.74. The van der Waals surface area contributed by atoms with E-state index in [4.69, 9.17) is 10.5 Å². The molecule has 48 valence electrons. The van der Waals surface area contributed by atoms with Crippen LogP contribution in [0.15, 0.2) is 5.10 Å². The Bertz CT molecular complexity index is 179. The van der Waals surface area contributed by atoms with Crippen LogP contribution in [-0.2, 0) is 0 Å². The molecule has 0 aliphatic rings. The summed E-state index contributed by atoms with van der Waals surface area (Å²) in [6, 6.07) is 1.23.